The van der Waals surface area contributed by atoms with Crippen LogP contribution in [0.5, 0.6) is 5.75 Å². The first-order valence-corrected chi connectivity index (χ1v) is 11.9. The van der Waals surface area contributed by atoms with Gasteiger partial charge < -0.3 is 10.1 Å². The number of methoxy groups -OCH3 is 1. The molecule has 1 amide bonds. The first-order chi connectivity index (χ1) is 15.7. The normalized spacial score (nSPS) is 12.7. The summed E-state index contributed by atoms with van der Waals surface area (Å²) in [5.74, 6) is 0.822. The molecule has 4 nitrogen and oxygen atoms in total. The number of rotatable bonds is 14. The molecule has 2 rings (SSSR count). The van der Waals surface area contributed by atoms with E-state index in [1.54, 1.807) is 19.4 Å². The maximum absolute atomic E-state index is 12.5. The molecule has 2 aromatic rings. The second-order valence-electron chi connectivity index (χ2n) is 8.10. The van der Waals surface area contributed by atoms with Crippen molar-refractivity contribution >= 4 is 11.5 Å². The number of unbranched alkanes of at least 4 members (excludes halogenated alkanes) is 2. The molecule has 1 heterocycles. The maximum Gasteiger partial charge on any atom is 0.244 e. The summed E-state index contributed by atoms with van der Waals surface area (Å²) in [4.78, 5) is 16.6. The molecule has 0 aliphatic carbocycles. The first-order valence-electron chi connectivity index (χ1n) is 11.9. The lowest BCUT2D eigenvalue weighted by atomic mass is 9.99. The van der Waals surface area contributed by atoms with E-state index >= 15 is 0 Å². The number of carbonyl (C=O) groups is 1. The van der Waals surface area contributed by atoms with E-state index in [0.29, 0.717) is 0 Å². The number of hydrogen-bond acceptors (Lipinski definition) is 3. The Morgan fingerprint density at radius 3 is 2.59 bits per heavy atom. The minimum Gasteiger partial charge on any atom is -0.497 e. The average Bonchev–Trinajstić information content (AvgIpc) is 2.83. The molecule has 0 fully saturated rings. The van der Waals surface area contributed by atoms with E-state index in [9.17, 15) is 4.79 Å². The Bertz CT molecular complexity index is 841. The van der Waals surface area contributed by atoms with Gasteiger partial charge in [-0.3, -0.25) is 9.78 Å². The zero-order valence-electron chi connectivity index (χ0n) is 19.8. The number of nitrogens with zero attached hydrogens (tertiary/aromatic N) is 1. The SMILES string of the molecule is CCCCCC(=CC=CC(=O)N[C@H](CC)CCCc1cccnc1)c1ccc(OC)cc1. The molecule has 1 atom stereocenters. The molecule has 0 radical (unpaired) electrons. The van der Waals surface area contributed by atoms with Gasteiger partial charge in [-0.2, -0.15) is 0 Å². The van der Waals surface area contributed by atoms with Gasteiger partial charge in [0.15, 0.2) is 0 Å². The van der Waals surface area contributed by atoms with Crippen LogP contribution < -0.4 is 10.1 Å². The molecule has 0 aliphatic heterocycles. The summed E-state index contributed by atoms with van der Waals surface area (Å²) < 4.78 is 5.27. The lowest BCUT2D eigenvalue weighted by Gasteiger charge is -2.15. The average molecular weight is 435 g/mol. The lowest BCUT2D eigenvalue weighted by Crippen LogP contribution is -2.33. The number of allylic oxidation sites excluding steroid dienone is 3. The summed E-state index contributed by atoms with van der Waals surface area (Å²) in [5, 5.41) is 3.15. The van der Waals surface area contributed by atoms with E-state index in [4.69, 9.17) is 4.74 Å². The zero-order valence-corrected chi connectivity index (χ0v) is 19.8. The van der Waals surface area contributed by atoms with Gasteiger partial charge in [0.05, 0.1) is 7.11 Å². The molecular weight excluding hydrogens is 396 g/mol. The van der Waals surface area contributed by atoms with Crippen LogP contribution in [0.25, 0.3) is 5.57 Å². The van der Waals surface area contributed by atoms with Crippen LogP contribution >= 0.6 is 0 Å². The Balaban J connectivity index is 1.91. The third-order valence-electron chi connectivity index (χ3n) is 5.64. The Labute approximate surface area is 193 Å². The molecule has 1 aromatic carbocycles. The van der Waals surface area contributed by atoms with Crippen LogP contribution in [0.3, 0.4) is 0 Å². The molecule has 0 saturated carbocycles. The Hall–Kier alpha value is -2.88. The number of aromatic nitrogens is 1. The second-order valence-corrected chi connectivity index (χ2v) is 8.10. The molecule has 4 heteroatoms. The molecule has 0 bridgehead atoms. The maximum atomic E-state index is 12.5. The van der Waals surface area contributed by atoms with E-state index < -0.39 is 0 Å². The predicted octanol–water partition coefficient (Wildman–Crippen LogP) is 6.53. The number of carbonyl (C=O) groups excluding carboxylic acids is 1. The largest absolute Gasteiger partial charge is 0.497 e. The lowest BCUT2D eigenvalue weighted by molar-refractivity contribution is -0.117. The van der Waals surface area contributed by atoms with E-state index in [-0.39, 0.29) is 11.9 Å². The van der Waals surface area contributed by atoms with Crippen molar-refractivity contribution in [2.45, 2.75) is 71.3 Å². The van der Waals surface area contributed by atoms with Crippen LogP contribution in [0.2, 0.25) is 0 Å². The van der Waals surface area contributed by atoms with Gasteiger partial charge in [-0.05, 0) is 73.4 Å². The minimum absolute atomic E-state index is 0.0304. The Morgan fingerprint density at radius 2 is 1.94 bits per heavy atom. The highest BCUT2D eigenvalue weighted by atomic mass is 16.5. The zero-order chi connectivity index (χ0) is 23.0. The van der Waals surface area contributed by atoms with Crippen molar-refractivity contribution in [1.82, 2.24) is 10.3 Å². The van der Waals surface area contributed by atoms with E-state index in [2.05, 4.69) is 48.4 Å². The van der Waals surface area contributed by atoms with Crippen molar-refractivity contribution in [1.29, 1.82) is 0 Å². The molecular formula is C28H38N2O2. The van der Waals surface area contributed by atoms with Crippen molar-refractivity contribution in [3.8, 4) is 5.75 Å². The van der Waals surface area contributed by atoms with Gasteiger partial charge >= 0.3 is 0 Å². The molecule has 172 valence electrons. The topological polar surface area (TPSA) is 51.2 Å². The number of aryl methyl sites for hydroxylation is 1. The number of amides is 1. The number of hydrogen-bond donors (Lipinski definition) is 1. The summed E-state index contributed by atoms with van der Waals surface area (Å²) in [5.41, 5.74) is 3.66. The van der Waals surface area contributed by atoms with Gasteiger partial charge in [-0.1, -0.05) is 57.0 Å². The molecule has 1 N–H and O–H groups in total. The highest BCUT2D eigenvalue weighted by Gasteiger charge is 2.08. The molecule has 0 spiro atoms. The van der Waals surface area contributed by atoms with Crippen molar-refractivity contribution in [3.05, 3.63) is 78.1 Å². The van der Waals surface area contributed by atoms with Crippen molar-refractivity contribution in [2.24, 2.45) is 0 Å². The van der Waals surface area contributed by atoms with Gasteiger partial charge in [0, 0.05) is 24.5 Å². The van der Waals surface area contributed by atoms with E-state index in [1.165, 1.54) is 29.5 Å². The van der Waals surface area contributed by atoms with Gasteiger partial charge in [0.2, 0.25) is 5.91 Å². The molecule has 0 saturated heterocycles. The highest BCUT2D eigenvalue weighted by Crippen LogP contribution is 2.23. The second kappa shape index (κ2) is 15.0. The van der Waals surface area contributed by atoms with E-state index in [1.807, 2.05) is 30.5 Å². The summed E-state index contributed by atoms with van der Waals surface area (Å²) in [6.45, 7) is 4.33. The monoisotopic (exact) mass is 434 g/mol. The fraction of sp³-hybridized carbons (Fsp3) is 0.429. The highest BCUT2D eigenvalue weighted by molar-refractivity contribution is 5.88. The fourth-order valence-corrected chi connectivity index (χ4v) is 3.67. The van der Waals surface area contributed by atoms with Gasteiger partial charge in [0.25, 0.3) is 0 Å². The van der Waals surface area contributed by atoms with Crippen LogP contribution in [0.1, 0.15) is 69.9 Å². The van der Waals surface area contributed by atoms with Crippen molar-refractivity contribution in [3.63, 3.8) is 0 Å². The molecule has 0 unspecified atom stereocenters. The number of nitrogens with one attached hydrogen (secondary N) is 1. The van der Waals surface area contributed by atoms with Crippen molar-refractivity contribution in [2.75, 3.05) is 7.11 Å². The van der Waals surface area contributed by atoms with Crippen molar-refractivity contribution < 1.29 is 9.53 Å². The van der Waals surface area contributed by atoms with Crippen LogP contribution in [-0.4, -0.2) is 24.0 Å². The number of pyridine rings is 1. The third-order valence-corrected chi connectivity index (χ3v) is 5.64. The first kappa shape index (κ1) is 25.4. The standard InChI is InChI=1S/C28H38N2O2/c1-4-6-7-13-24(25-17-19-27(32-3)20-18-25)14-9-16-28(31)30-26(5-2)15-8-11-23-12-10-21-29-22-23/h9-10,12,14,16-22,26H,4-8,11,13,15H2,1-3H3,(H,30,31)/t26-/m1/s1. The summed E-state index contributed by atoms with van der Waals surface area (Å²) in [6.07, 6.45) is 17.7. The number of ether oxygens (including phenoxy) is 1. The molecule has 32 heavy (non-hydrogen) atoms. The summed E-state index contributed by atoms with van der Waals surface area (Å²) in [7, 11) is 1.68. The van der Waals surface area contributed by atoms with Crippen LogP contribution in [0.4, 0.5) is 0 Å². The van der Waals surface area contributed by atoms with Crippen LogP contribution in [0, 0.1) is 0 Å². The third kappa shape index (κ3) is 9.51. The molecule has 1 aromatic heterocycles. The fourth-order valence-electron chi connectivity index (χ4n) is 3.67. The van der Waals surface area contributed by atoms with Gasteiger partial charge in [-0.15, -0.1) is 0 Å². The summed E-state index contributed by atoms with van der Waals surface area (Å²) in [6, 6.07) is 12.4. The Morgan fingerprint density at radius 1 is 1.12 bits per heavy atom. The van der Waals surface area contributed by atoms with Crippen LogP contribution in [-0.2, 0) is 11.2 Å². The van der Waals surface area contributed by atoms with E-state index in [0.717, 1.165) is 44.3 Å². The summed E-state index contributed by atoms with van der Waals surface area (Å²) >= 11 is 0. The van der Waals surface area contributed by atoms with Gasteiger partial charge in [0.1, 0.15) is 5.75 Å². The van der Waals surface area contributed by atoms with Crippen LogP contribution in [0.15, 0.2) is 67.0 Å². The predicted molar refractivity (Wildman–Crippen MR) is 134 cm³/mol. The Kier molecular flexibility index (Phi) is 11.9. The van der Waals surface area contributed by atoms with Gasteiger partial charge in [-0.25, -0.2) is 0 Å². The smallest absolute Gasteiger partial charge is 0.244 e. The number of benzene rings is 1. The quantitative estimate of drug-likeness (QED) is 0.209. The molecule has 0 aliphatic rings. The minimum atomic E-state index is -0.0304.